The summed E-state index contributed by atoms with van der Waals surface area (Å²) in [7, 11) is 0. The molecule has 0 aliphatic carbocycles. The number of carbonyl (C=O) groups excluding carboxylic acids is 1. The summed E-state index contributed by atoms with van der Waals surface area (Å²) in [4.78, 5) is 13.4. The second-order valence-electron chi connectivity index (χ2n) is 3.55. The van der Waals surface area contributed by atoms with Gasteiger partial charge in [0.05, 0.1) is 0 Å². The predicted octanol–water partition coefficient (Wildman–Crippen LogP) is 0.902. The standard InChI is InChI=1S/C10H18N2O/c1-2-3-4-10(13)12-7-5-9(11)6-8-12/h2,9H,1,3-8,11H2. The van der Waals surface area contributed by atoms with E-state index in [0.29, 0.717) is 12.5 Å². The van der Waals surface area contributed by atoms with Crippen LogP contribution >= 0.6 is 0 Å². The first-order valence-corrected chi connectivity index (χ1v) is 4.88. The normalized spacial score (nSPS) is 18.7. The summed E-state index contributed by atoms with van der Waals surface area (Å²) in [5, 5.41) is 0. The number of likely N-dealkylation sites (tertiary alicyclic amines) is 1. The van der Waals surface area contributed by atoms with E-state index in [0.717, 1.165) is 32.4 Å². The average Bonchev–Trinajstić information content (AvgIpc) is 2.15. The van der Waals surface area contributed by atoms with E-state index in [4.69, 9.17) is 5.73 Å². The maximum absolute atomic E-state index is 11.5. The number of nitrogens with zero attached hydrogens (tertiary/aromatic N) is 1. The van der Waals surface area contributed by atoms with Crippen molar-refractivity contribution in [3.8, 4) is 0 Å². The SMILES string of the molecule is C=CCCC(=O)N1CCC(N)CC1. The van der Waals surface area contributed by atoms with Gasteiger partial charge in [-0.05, 0) is 19.3 Å². The van der Waals surface area contributed by atoms with Gasteiger partial charge in [0.25, 0.3) is 0 Å². The lowest BCUT2D eigenvalue weighted by Crippen LogP contribution is -2.42. The molecule has 3 nitrogen and oxygen atoms in total. The number of hydrogen-bond donors (Lipinski definition) is 1. The third kappa shape index (κ3) is 3.19. The van der Waals surface area contributed by atoms with Crippen LogP contribution in [0.5, 0.6) is 0 Å². The van der Waals surface area contributed by atoms with Crippen molar-refractivity contribution in [1.29, 1.82) is 0 Å². The Morgan fingerprint density at radius 3 is 2.69 bits per heavy atom. The van der Waals surface area contributed by atoms with Gasteiger partial charge in [0.2, 0.25) is 5.91 Å². The average molecular weight is 182 g/mol. The fourth-order valence-corrected chi connectivity index (χ4v) is 1.53. The molecule has 1 heterocycles. The van der Waals surface area contributed by atoms with Gasteiger partial charge in [-0.2, -0.15) is 0 Å². The number of carbonyl (C=O) groups is 1. The number of hydrogen-bond acceptors (Lipinski definition) is 2. The van der Waals surface area contributed by atoms with Gasteiger partial charge in [-0.25, -0.2) is 0 Å². The van der Waals surface area contributed by atoms with Crippen molar-refractivity contribution in [3.05, 3.63) is 12.7 Å². The minimum absolute atomic E-state index is 0.242. The third-order valence-electron chi connectivity index (χ3n) is 2.45. The summed E-state index contributed by atoms with van der Waals surface area (Å²) >= 11 is 0. The molecule has 0 bridgehead atoms. The van der Waals surface area contributed by atoms with Crippen molar-refractivity contribution in [1.82, 2.24) is 4.90 Å². The second-order valence-corrected chi connectivity index (χ2v) is 3.55. The van der Waals surface area contributed by atoms with E-state index >= 15 is 0 Å². The fourth-order valence-electron chi connectivity index (χ4n) is 1.53. The minimum atomic E-state index is 0.242. The molecule has 0 atom stereocenters. The van der Waals surface area contributed by atoms with Gasteiger partial charge < -0.3 is 10.6 Å². The number of piperidine rings is 1. The first-order chi connectivity index (χ1) is 6.24. The molecule has 1 saturated heterocycles. The lowest BCUT2D eigenvalue weighted by Gasteiger charge is -2.30. The maximum atomic E-state index is 11.5. The maximum Gasteiger partial charge on any atom is 0.222 e. The highest BCUT2D eigenvalue weighted by Crippen LogP contribution is 2.10. The van der Waals surface area contributed by atoms with E-state index in [2.05, 4.69) is 6.58 Å². The second kappa shape index (κ2) is 5.02. The molecule has 0 aromatic carbocycles. The first-order valence-electron chi connectivity index (χ1n) is 4.88. The van der Waals surface area contributed by atoms with E-state index in [-0.39, 0.29) is 5.91 Å². The molecule has 74 valence electrons. The fraction of sp³-hybridized carbons (Fsp3) is 0.700. The highest BCUT2D eigenvalue weighted by atomic mass is 16.2. The largest absolute Gasteiger partial charge is 0.343 e. The number of amides is 1. The Bertz CT molecular complexity index is 183. The molecular formula is C10H18N2O. The molecule has 0 spiro atoms. The number of rotatable bonds is 3. The molecule has 0 unspecified atom stereocenters. The smallest absolute Gasteiger partial charge is 0.222 e. The monoisotopic (exact) mass is 182 g/mol. The summed E-state index contributed by atoms with van der Waals surface area (Å²) in [6.07, 6.45) is 5.05. The molecule has 1 aliphatic rings. The molecule has 1 amide bonds. The lowest BCUT2D eigenvalue weighted by atomic mass is 10.1. The zero-order valence-electron chi connectivity index (χ0n) is 8.04. The molecule has 13 heavy (non-hydrogen) atoms. The Morgan fingerprint density at radius 2 is 2.15 bits per heavy atom. The van der Waals surface area contributed by atoms with Crippen molar-refractivity contribution in [2.45, 2.75) is 31.7 Å². The van der Waals surface area contributed by atoms with Crippen molar-refractivity contribution in [2.75, 3.05) is 13.1 Å². The van der Waals surface area contributed by atoms with Crippen molar-refractivity contribution >= 4 is 5.91 Å². The van der Waals surface area contributed by atoms with E-state index in [1.807, 2.05) is 4.90 Å². The van der Waals surface area contributed by atoms with Gasteiger partial charge in [-0.15, -0.1) is 6.58 Å². The first kappa shape index (κ1) is 10.3. The summed E-state index contributed by atoms with van der Waals surface area (Å²) in [5.74, 6) is 0.242. The van der Waals surface area contributed by atoms with Crippen LogP contribution in [0.1, 0.15) is 25.7 Å². The molecule has 0 radical (unpaired) electrons. The van der Waals surface area contributed by atoms with Crippen LogP contribution in [0.2, 0.25) is 0 Å². The number of nitrogens with two attached hydrogens (primary N) is 1. The van der Waals surface area contributed by atoms with Gasteiger partial charge >= 0.3 is 0 Å². The molecule has 1 rings (SSSR count). The van der Waals surface area contributed by atoms with Crippen molar-refractivity contribution in [2.24, 2.45) is 5.73 Å². The van der Waals surface area contributed by atoms with Crippen LogP contribution < -0.4 is 5.73 Å². The topological polar surface area (TPSA) is 46.3 Å². The molecule has 0 aromatic rings. The van der Waals surface area contributed by atoms with Crippen molar-refractivity contribution in [3.63, 3.8) is 0 Å². The van der Waals surface area contributed by atoms with Crippen LogP contribution in [0.25, 0.3) is 0 Å². The van der Waals surface area contributed by atoms with Crippen LogP contribution in [0, 0.1) is 0 Å². The lowest BCUT2D eigenvalue weighted by molar-refractivity contribution is -0.132. The van der Waals surface area contributed by atoms with Crippen LogP contribution in [0.15, 0.2) is 12.7 Å². The third-order valence-corrected chi connectivity index (χ3v) is 2.45. The molecule has 3 heteroatoms. The van der Waals surface area contributed by atoms with Gasteiger partial charge in [0, 0.05) is 25.6 Å². The van der Waals surface area contributed by atoms with Gasteiger partial charge in [0.1, 0.15) is 0 Å². The molecule has 1 fully saturated rings. The zero-order valence-corrected chi connectivity index (χ0v) is 8.04. The van der Waals surface area contributed by atoms with Gasteiger partial charge in [0.15, 0.2) is 0 Å². The summed E-state index contributed by atoms with van der Waals surface area (Å²) in [6.45, 7) is 5.26. The molecular weight excluding hydrogens is 164 g/mol. The van der Waals surface area contributed by atoms with Gasteiger partial charge in [-0.3, -0.25) is 4.79 Å². The summed E-state index contributed by atoms with van der Waals surface area (Å²) in [6, 6.07) is 0.295. The molecule has 0 aromatic heterocycles. The van der Waals surface area contributed by atoms with E-state index < -0.39 is 0 Å². The van der Waals surface area contributed by atoms with Gasteiger partial charge in [-0.1, -0.05) is 6.08 Å². The molecule has 2 N–H and O–H groups in total. The molecule has 0 saturated carbocycles. The predicted molar refractivity (Wildman–Crippen MR) is 53.2 cm³/mol. The Balaban J connectivity index is 2.27. The van der Waals surface area contributed by atoms with E-state index in [1.54, 1.807) is 6.08 Å². The molecule has 1 aliphatic heterocycles. The Labute approximate surface area is 79.6 Å². The van der Waals surface area contributed by atoms with Crippen molar-refractivity contribution < 1.29 is 4.79 Å². The van der Waals surface area contributed by atoms with E-state index in [1.165, 1.54) is 0 Å². The summed E-state index contributed by atoms with van der Waals surface area (Å²) in [5.41, 5.74) is 5.74. The van der Waals surface area contributed by atoms with E-state index in [9.17, 15) is 4.79 Å². The van der Waals surface area contributed by atoms with Crippen LogP contribution in [-0.2, 0) is 4.79 Å². The quantitative estimate of drug-likeness (QED) is 0.659. The van der Waals surface area contributed by atoms with Crippen LogP contribution in [-0.4, -0.2) is 29.9 Å². The Kier molecular flexibility index (Phi) is 3.96. The Morgan fingerprint density at radius 1 is 1.54 bits per heavy atom. The highest BCUT2D eigenvalue weighted by molar-refractivity contribution is 5.76. The van der Waals surface area contributed by atoms with Crippen LogP contribution in [0.3, 0.4) is 0 Å². The number of allylic oxidation sites excluding steroid dienone is 1. The minimum Gasteiger partial charge on any atom is -0.343 e. The highest BCUT2D eigenvalue weighted by Gasteiger charge is 2.19. The van der Waals surface area contributed by atoms with Crippen LogP contribution in [0.4, 0.5) is 0 Å². The Hall–Kier alpha value is -0.830. The summed E-state index contributed by atoms with van der Waals surface area (Å²) < 4.78 is 0. The zero-order chi connectivity index (χ0) is 9.68.